The molecule has 0 bridgehead atoms. The number of rotatable bonds is 6. The van der Waals surface area contributed by atoms with Crippen LogP contribution in [0, 0.1) is 5.82 Å². The minimum absolute atomic E-state index is 0.00700. The van der Waals surface area contributed by atoms with Gasteiger partial charge in [-0.2, -0.15) is 8.42 Å². The lowest BCUT2D eigenvalue weighted by Crippen LogP contribution is -2.44. The molecule has 250 valence electrons. The van der Waals surface area contributed by atoms with Crippen LogP contribution in [-0.2, 0) is 42.9 Å². The number of benzene rings is 4. The Morgan fingerprint density at radius 3 is 2.39 bits per heavy atom. The SMILES string of the molecule is Cn1c(=O)n(C2CCC(=O)NC2=O)c2ccc(-c3ccc(CC(=O)Nc4ccc5c(F)c(N6CC(=O)NS6(=O)=O)c(O)cc5c4)cc3)cc21. The topological polar surface area (TPSA) is 189 Å². The van der Waals surface area contributed by atoms with Gasteiger partial charge < -0.3 is 10.4 Å². The average molecular weight is 687 g/mol. The molecule has 2 fully saturated rings. The molecule has 1 unspecified atom stereocenters. The highest BCUT2D eigenvalue weighted by atomic mass is 32.2. The molecule has 0 aliphatic carbocycles. The van der Waals surface area contributed by atoms with Gasteiger partial charge in [0.15, 0.2) is 5.82 Å². The fourth-order valence-corrected chi connectivity index (χ4v) is 7.44. The Morgan fingerprint density at radius 1 is 0.959 bits per heavy atom. The Balaban J connectivity index is 1.06. The molecule has 4 N–H and O–H groups in total. The number of carbonyl (C=O) groups is 4. The highest BCUT2D eigenvalue weighted by Crippen LogP contribution is 2.39. The molecule has 4 aromatic carbocycles. The maximum Gasteiger partial charge on any atom is 0.329 e. The zero-order valence-corrected chi connectivity index (χ0v) is 26.5. The van der Waals surface area contributed by atoms with Crippen molar-refractivity contribution in [1.29, 1.82) is 0 Å². The fourth-order valence-electron chi connectivity index (χ4n) is 6.28. The summed E-state index contributed by atoms with van der Waals surface area (Å²) in [7, 11) is -2.73. The van der Waals surface area contributed by atoms with Crippen molar-refractivity contribution in [2.45, 2.75) is 25.3 Å². The maximum atomic E-state index is 15.4. The number of aromatic hydroxyl groups is 1. The normalized spacial score (nSPS) is 17.4. The number of fused-ring (bicyclic) bond motifs is 2. The number of imidazole rings is 1. The number of phenolic OH excluding ortho intramolecular Hbond substituents is 1. The fraction of sp³-hybridized carbons (Fsp3) is 0.182. The summed E-state index contributed by atoms with van der Waals surface area (Å²) in [5.74, 6) is -3.83. The molecule has 14 nitrogen and oxygen atoms in total. The van der Waals surface area contributed by atoms with Crippen molar-refractivity contribution in [3.8, 4) is 16.9 Å². The van der Waals surface area contributed by atoms with Crippen molar-refractivity contribution in [3.05, 3.63) is 88.6 Å². The predicted octanol–water partition coefficient (Wildman–Crippen LogP) is 2.34. The molecule has 1 aromatic heterocycles. The molecule has 0 radical (unpaired) electrons. The minimum Gasteiger partial charge on any atom is -0.506 e. The van der Waals surface area contributed by atoms with Gasteiger partial charge in [0.1, 0.15) is 24.0 Å². The van der Waals surface area contributed by atoms with E-state index in [0.717, 1.165) is 17.2 Å². The van der Waals surface area contributed by atoms with Crippen LogP contribution >= 0.6 is 0 Å². The smallest absolute Gasteiger partial charge is 0.329 e. The highest BCUT2D eigenvalue weighted by Gasteiger charge is 2.38. The standard InChI is InChI=1S/C33H27FN6O8S/c1-38-25-14-19(6-9-23(25)40(33(38)46)24-10-11-27(42)36-32(24)45)18-4-2-17(3-5-18)12-28(43)35-21-7-8-22-20(13-21)15-26(41)31(30(22)34)39-16-29(44)37-49(39,47)48/h2-9,13-15,24,41H,10-12,16H2,1H3,(H,35,43)(H,37,44)(H,36,42,45). The van der Waals surface area contributed by atoms with E-state index in [-0.39, 0.29) is 47.5 Å². The number of piperidine rings is 1. The van der Waals surface area contributed by atoms with Gasteiger partial charge in [0.25, 0.3) is 5.91 Å². The van der Waals surface area contributed by atoms with Gasteiger partial charge in [-0.15, -0.1) is 0 Å². The first-order chi connectivity index (χ1) is 23.3. The molecule has 2 aliphatic rings. The van der Waals surface area contributed by atoms with Gasteiger partial charge in [-0.1, -0.05) is 30.3 Å². The molecule has 5 aromatic rings. The minimum atomic E-state index is -4.35. The van der Waals surface area contributed by atoms with Gasteiger partial charge in [0.05, 0.1) is 17.5 Å². The van der Waals surface area contributed by atoms with E-state index in [1.54, 1.807) is 30.0 Å². The average Bonchev–Trinajstić information content (AvgIpc) is 3.46. The third-order valence-electron chi connectivity index (χ3n) is 8.65. The first kappa shape index (κ1) is 31.6. The summed E-state index contributed by atoms with van der Waals surface area (Å²) in [5.41, 5.74) is 2.80. The van der Waals surface area contributed by atoms with Gasteiger partial charge >= 0.3 is 15.9 Å². The molecular weight excluding hydrogens is 659 g/mol. The van der Waals surface area contributed by atoms with Crippen LogP contribution < -0.4 is 25.4 Å². The lowest BCUT2D eigenvalue weighted by Gasteiger charge is -2.21. The molecule has 7 rings (SSSR count). The van der Waals surface area contributed by atoms with E-state index in [4.69, 9.17) is 0 Å². The predicted molar refractivity (Wildman–Crippen MR) is 176 cm³/mol. The molecule has 2 saturated heterocycles. The molecule has 0 saturated carbocycles. The number of halogens is 1. The first-order valence-electron chi connectivity index (χ1n) is 15.0. The van der Waals surface area contributed by atoms with E-state index in [9.17, 15) is 37.5 Å². The highest BCUT2D eigenvalue weighted by molar-refractivity contribution is 7.92. The number of carbonyl (C=O) groups excluding carboxylic acids is 4. The number of amides is 4. The van der Waals surface area contributed by atoms with Crippen LogP contribution in [0.1, 0.15) is 24.4 Å². The number of nitrogens with one attached hydrogen (secondary N) is 3. The second-order valence-electron chi connectivity index (χ2n) is 11.8. The molecule has 1 atom stereocenters. The first-order valence-corrected chi connectivity index (χ1v) is 16.5. The molecule has 2 aliphatic heterocycles. The van der Waals surface area contributed by atoms with Crippen LogP contribution in [0.5, 0.6) is 5.75 Å². The number of hydrogen-bond donors (Lipinski definition) is 4. The van der Waals surface area contributed by atoms with Gasteiger partial charge in [-0.25, -0.2) is 18.2 Å². The summed E-state index contributed by atoms with van der Waals surface area (Å²) in [6.45, 7) is -0.676. The Hall–Kier alpha value is -6.03. The second-order valence-corrected chi connectivity index (χ2v) is 13.4. The van der Waals surface area contributed by atoms with Crippen LogP contribution in [0.25, 0.3) is 32.9 Å². The van der Waals surface area contributed by atoms with Crippen molar-refractivity contribution in [2.75, 3.05) is 16.2 Å². The van der Waals surface area contributed by atoms with E-state index >= 15 is 4.39 Å². The Morgan fingerprint density at radius 2 is 1.69 bits per heavy atom. The van der Waals surface area contributed by atoms with E-state index < -0.39 is 51.9 Å². The Bertz CT molecular complexity index is 2440. The lowest BCUT2D eigenvalue weighted by atomic mass is 10.0. The van der Waals surface area contributed by atoms with Gasteiger partial charge in [0, 0.05) is 24.5 Å². The third-order valence-corrected chi connectivity index (χ3v) is 10.0. The van der Waals surface area contributed by atoms with Crippen molar-refractivity contribution >= 4 is 67.0 Å². The number of phenols is 1. The Labute approximate surface area is 276 Å². The van der Waals surface area contributed by atoms with E-state index in [1.165, 1.54) is 27.3 Å². The number of aromatic nitrogens is 2. The van der Waals surface area contributed by atoms with E-state index in [0.29, 0.717) is 26.6 Å². The molecular formula is C33H27FN6O8S. The monoisotopic (exact) mass is 686 g/mol. The summed E-state index contributed by atoms with van der Waals surface area (Å²) in [6.07, 6.45) is 0.389. The van der Waals surface area contributed by atoms with Gasteiger partial charge in [-0.3, -0.25) is 33.6 Å². The van der Waals surface area contributed by atoms with Crippen LogP contribution in [0.2, 0.25) is 0 Å². The van der Waals surface area contributed by atoms with Gasteiger partial charge in [0.2, 0.25) is 17.7 Å². The van der Waals surface area contributed by atoms with Gasteiger partial charge in [-0.05, 0) is 64.9 Å². The summed E-state index contributed by atoms with van der Waals surface area (Å²) in [5, 5.41) is 15.7. The number of aryl methyl sites for hydroxylation is 1. The molecule has 49 heavy (non-hydrogen) atoms. The second kappa shape index (κ2) is 11.6. The number of anilines is 2. The number of imide groups is 1. The van der Waals surface area contributed by atoms with Crippen LogP contribution in [-0.4, -0.2) is 52.8 Å². The molecule has 3 heterocycles. The van der Waals surface area contributed by atoms with Crippen molar-refractivity contribution in [2.24, 2.45) is 7.05 Å². The summed E-state index contributed by atoms with van der Waals surface area (Å²) in [4.78, 5) is 61.7. The Kier molecular flexibility index (Phi) is 7.46. The maximum absolute atomic E-state index is 15.4. The van der Waals surface area contributed by atoms with Crippen LogP contribution in [0.15, 0.2) is 71.5 Å². The largest absolute Gasteiger partial charge is 0.506 e. The van der Waals surface area contributed by atoms with E-state index in [2.05, 4.69) is 10.6 Å². The van der Waals surface area contributed by atoms with Crippen molar-refractivity contribution < 1.29 is 37.1 Å². The number of hydrogen-bond acceptors (Lipinski definition) is 8. The number of nitrogens with zero attached hydrogens (tertiary/aromatic N) is 3. The summed E-state index contributed by atoms with van der Waals surface area (Å²) < 4.78 is 44.8. The van der Waals surface area contributed by atoms with Crippen molar-refractivity contribution in [3.63, 3.8) is 0 Å². The zero-order valence-electron chi connectivity index (χ0n) is 25.7. The van der Waals surface area contributed by atoms with E-state index in [1.807, 2.05) is 24.3 Å². The lowest BCUT2D eigenvalue weighted by molar-refractivity contribution is -0.135. The van der Waals surface area contributed by atoms with Crippen LogP contribution in [0.3, 0.4) is 0 Å². The molecule has 0 spiro atoms. The quantitative estimate of drug-likeness (QED) is 0.196. The van der Waals surface area contributed by atoms with Crippen LogP contribution in [0.4, 0.5) is 15.8 Å². The molecule has 16 heteroatoms. The van der Waals surface area contributed by atoms with Crippen molar-refractivity contribution in [1.82, 2.24) is 19.2 Å². The molecule has 4 amide bonds. The summed E-state index contributed by atoms with van der Waals surface area (Å²) >= 11 is 0. The summed E-state index contributed by atoms with van der Waals surface area (Å²) in [6, 6.07) is 17.2. The zero-order chi connectivity index (χ0) is 34.8. The third kappa shape index (κ3) is 5.54.